The Labute approximate surface area is 180 Å². The van der Waals surface area contributed by atoms with E-state index in [2.05, 4.69) is 42.1 Å². The van der Waals surface area contributed by atoms with E-state index in [0.717, 1.165) is 37.4 Å². The Morgan fingerprint density at radius 2 is 1.83 bits per heavy atom. The number of aryl methyl sites for hydroxylation is 2. The first-order chi connectivity index (χ1) is 14.5. The van der Waals surface area contributed by atoms with Gasteiger partial charge in [0, 0.05) is 37.6 Å². The summed E-state index contributed by atoms with van der Waals surface area (Å²) in [7, 11) is 2.11. The standard InChI is InChI=1S/C21H24ClN7O/c1-14-19-20(27-21(24-14)29-11-9-28(2)10-12-29)23-13-17(26-19)25-18(30)8-5-15-3-6-16(22)7-4-15/h3-4,6-7,13H,5,8-12H2,1-2H3,(H,25,26,30). The van der Waals surface area contributed by atoms with E-state index in [1.54, 1.807) is 6.20 Å². The molecule has 156 valence electrons. The third kappa shape index (κ3) is 4.83. The average Bonchev–Trinajstić information content (AvgIpc) is 2.74. The minimum atomic E-state index is -0.119. The van der Waals surface area contributed by atoms with Crippen LogP contribution in [-0.2, 0) is 11.2 Å². The molecule has 1 aromatic carbocycles. The molecule has 0 bridgehead atoms. The van der Waals surface area contributed by atoms with Gasteiger partial charge in [-0.05, 0) is 38.1 Å². The van der Waals surface area contributed by atoms with Gasteiger partial charge in [0.25, 0.3) is 0 Å². The van der Waals surface area contributed by atoms with Crippen molar-refractivity contribution in [2.75, 3.05) is 43.4 Å². The number of aromatic nitrogens is 4. The van der Waals surface area contributed by atoms with Crippen molar-refractivity contribution in [3.63, 3.8) is 0 Å². The largest absolute Gasteiger partial charge is 0.338 e. The number of rotatable bonds is 5. The Morgan fingerprint density at radius 3 is 2.57 bits per heavy atom. The quantitative estimate of drug-likeness (QED) is 0.672. The lowest BCUT2D eigenvalue weighted by Crippen LogP contribution is -2.45. The van der Waals surface area contributed by atoms with Crippen molar-refractivity contribution in [2.24, 2.45) is 0 Å². The highest BCUT2D eigenvalue weighted by Gasteiger charge is 2.18. The molecule has 1 amide bonds. The number of carbonyl (C=O) groups excluding carboxylic acids is 1. The number of fused-ring (bicyclic) bond motifs is 1. The zero-order valence-electron chi connectivity index (χ0n) is 17.1. The zero-order chi connectivity index (χ0) is 21.1. The third-order valence-corrected chi connectivity index (χ3v) is 5.43. The van der Waals surface area contributed by atoms with Crippen LogP contribution in [0.15, 0.2) is 30.5 Å². The van der Waals surface area contributed by atoms with E-state index in [0.29, 0.717) is 40.8 Å². The van der Waals surface area contributed by atoms with Gasteiger partial charge in [0.05, 0.1) is 11.9 Å². The van der Waals surface area contributed by atoms with Crippen LogP contribution >= 0.6 is 11.6 Å². The smallest absolute Gasteiger partial charge is 0.227 e. The lowest BCUT2D eigenvalue weighted by atomic mass is 10.1. The summed E-state index contributed by atoms with van der Waals surface area (Å²) in [5, 5.41) is 3.50. The number of likely N-dealkylation sites (N-methyl/N-ethyl adjacent to an activating group) is 1. The van der Waals surface area contributed by atoms with Crippen molar-refractivity contribution in [3.8, 4) is 0 Å². The Bertz CT molecular complexity index is 1050. The molecule has 1 saturated heterocycles. The Hall–Kier alpha value is -2.84. The van der Waals surface area contributed by atoms with Gasteiger partial charge in [-0.2, -0.15) is 4.98 Å². The maximum atomic E-state index is 12.3. The van der Waals surface area contributed by atoms with Crippen molar-refractivity contribution < 1.29 is 4.79 Å². The molecule has 0 unspecified atom stereocenters. The lowest BCUT2D eigenvalue weighted by Gasteiger charge is -2.32. The van der Waals surface area contributed by atoms with Crippen LogP contribution in [0.3, 0.4) is 0 Å². The number of amides is 1. The fraction of sp³-hybridized carbons (Fsp3) is 0.381. The normalized spacial score (nSPS) is 14.8. The first-order valence-electron chi connectivity index (χ1n) is 9.97. The molecule has 0 atom stereocenters. The molecule has 1 aliphatic rings. The number of hydrogen-bond acceptors (Lipinski definition) is 7. The maximum absolute atomic E-state index is 12.3. The Morgan fingerprint density at radius 1 is 1.10 bits per heavy atom. The molecule has 1 N–H and O–H groups in total. The van der Waals surface area contributed by atoms with Gasteiger partial charge in [-0.25, -0.2) is 15.0 Å². The molecule has 30 heavy (non-hydrogen) atoms. The number of halogens is 1. The van der Waals surface area contributed by atoms with E-state index in [1.165, 1.54) is 0 Å². The van der Waals surface area contributed by atoms with E-state index in [-0.39, 0.29) is 5.91 Å². The van der Waals surface area contributed by atoms with E-state index in [4.69, 9.17) is 11.6 Å². The van der Waals surface area contributed by atoms with Crippen molar-refractivity contribution in [3.05, 3.63) is 46.7 Å². The van der Waals surface area contributed by atoms with Crippen molar-refractivity contribution in [2.45, 2.75) is 19.8 Å². The summed E-state index contributed by atoms with van der Waals surface area (Å²) in [6, 6.07) is 7.49. The molecule has 8 nitrogen and oxygen atoms in total. The minimum absolute atomic E-state index is 0.119. The van der Waals surface area contributed by atoms with Crippen molar-refractivity contribution in [1.82, 2.24) is 24.8 Å². The summed E-state index contributed by atoms with van der Waals surface area (Å²) >= 11 is 5.89. The van der Waals surface area contributed by atoms with Gasteiger partial charge in [0.1, 0.15) is 5.52 Å². The van der Waals surface area contributed by atoms with Gasteiger partial charge in [-0.1, -0.05) is 23.7 Å². The van der Waals surface area contributed by atoms with Gasteiger partial charge in [-0.15, -0.1) is 0 Å². The molecule has 2 aromatic heterocycles. The first-order valence-corrected chi connectivity index (χ1v) is 10.3. The zero-order valence-corrected chi connectivity index (χ0v) is 17.9. The predicted octanol–water partition coefficient (Wildman–Crippen LogP) is 2.70. The summed E-state index contributed by atoms with van der Waals surface area (Å²) in [6.07, 6.45) is 2.52. The number of nitrogens with zero attached hydrogens (tertiary/aromatic N) is 6. The van der Waals surface area contributed by atoms with Gasteiger partial charge >= 0.3 is 0 Å². The van der Waals surface area contributed by atoms with Gasteiger partial charge in [0.15, 0.2) is 11.5 Å². The highest BCUT2D eigenvalue weighted by atomic mass is 35.5. The number of anilines is 2. The first kappa shape index (κ1) is 20.4. The molecular weight excluding hydrogens is 402 g/mol. The third-order valence-electron chi connectivity index (χ3n) is 5.18. The van der Waals surface area contributed by atoms with Crippen LogP contribution in [0.5, 0.6) is 0 Å². The Kier molecular flexibility index (Phi) is 6.06. The van der Waals surface area contributed by atoms with Crippen LogP contribution in [0.25, 0.3) is 11.2 Å². The SMILES string of the molecule is Cc1nc(N2CCN(C)CC2)nc2ncc(NC(=O)CCc3ccc(Cl)cc3)nc12. The molecule has 0 radical (unpaired) electrons. The average molecular weight is 426 g/mol. The summed E-state index contributed by atoms with van der Waals surface area (Å²) in [5.74, 6) is 0.969. The highest BCUT2D eigenvalue weighted by molar-refractivity contribution is 6.30. The molecular formula is C21H24ClN7O. The second-order valence-corrected chi connectivity index (χ2v) is 7.94. The van der Waals surface area contributed by atoms with E-state index in [9.17, 15) is 4.79 Å². The summed E-state index contributed by atoms with van der Waals surface area (Å²) in [4.78, 5) is 34.9. The number of nitrogens with one attached hydrogen (secondary N) is 1. The second kappa shape index (κ2) is 8.89. The van der Waals surface area contributed by atoms with E-state index < -0.39 is 0 Å². The van der Waals surface area contributed by atoms with Crippen LogP contribution in [0.1, 0.15) is 17.7 Å². The molecule has 0 spiro atoms. The Balaban J connectivity index is 1.43. The summed E-state index contributed by atoms with van der Waals surface area (Å²) in [6.45, 7) is 5.62. The minimum Gasteiger partial charge on any atom is -0.338 e. The van der Waals surface area contributed by atoms with Crippen molar-refractivity contribution in [1.29, 1.82) is 0 Å². The molecule has 0 saturated carbocycles. The van der Waals surface area contributed by atoms with Crippen LogP contribution < -0.4 is 10.2 Å². The van der Waals surface area contributed by atoms with Crippen molar-refractivity contribution >= 4 is 40.4 Å². The van der Waals surface area contributed by atoms with Crippen LogP contribution in [-0.4, -0.2) is 64.0 Å². The molecule has 1 aliphatic heterocycles. The molecule has 9 heteroatoms. The number of carbonyl (C=O) groups is 1. The lowest BCUT2D eigenvalue weighted by molar-refractivity contribution is -0.116. The summed E-state index contributed by atoms with van der Waals surface area (Å²) < 4.78 is 0. The van der Waals surface area contributed by atoms with E-state index in [1.807, 2.05) is 31.2 Å². The molecule has 4 rings (SSSR count). The molecule has 1 fully saturated rings. The highest BCUT2D eigenvalue weighted by Crippen LogP contribution is 2.19. The van der Waals surface area contributed by atoms with Crippen LogP contribution in [0.4, 0.5) is 11.8 Å². The van der Waals surface area contributed by atoms with Gasteiger partial charge < -0.3 is 15.1 Å². The molecule has 3 aromatic rings. The van der Waals surface area contributed by atoms with E-state index >= 15 is 0 Å². The fourth-order valence-corrected chi connectivity index (χ4v) is 3.48. The fourth-order valence-electron chi connectivity index (χ4n) is 3.35. The van der Waals surface area contributed by atoms with Crippen LogP contribution in [0, 0.1) is 6.92 Å². The van der Waals surface area contributed by atoms with Gasteiger partial charge in [0.2, 0.25) is 11.9 Å². The number of benzene rings is 1. The number of piperazine rings is 1. The topological polar surface area (TPSA) is 87.1 Å². The second-order valence-electron chi connectivity index (χ2n) is 7.50. The molecule has 0 aliphatic carbocycles. The molecule has 3 heterocycles. The maximum Gasteiger partial charge on any atom is 0.227 e. The van der Waals surface area contributed by atoms with Gasteiger partial charge in [-0.3, -0.25) is 4.79 Å². The monoisotopic (exact) mass is 425 g/mol. The van der Waals surface area contributed by atoms with Crippen LogP contribution in [0.2, 0.25) is 5.02 Å². The number of hydrogen-bond donors (Lipinski definition) is 1. The predicted molar refractivity (Wildman–Crippen MR) is 118 cm³/mol. The summed E-state index contributed by atoms with van der Waals surface area (Å²) in [5.41, 5.74) is 2.94.